The molecule has 2 rings (SSSR count). The van der Waals surface area contributed by atoms with E-state index in [1.165, 1.54) is 0 Å². The van der Waals surface area contributed by atoms with E-state index < -0.39 is 0 Å². The van der Waals surface area contributed by atoms with Crippen molar-refractivity contribution in [2.75, 3.05) is 24.3 Å². The van der Waals surface area contributed by atoms with Crippen LogP contribution in [0.15, 0.2) is 48.5 Å². The summed E-state index contributed by atoms with van der Waals surface area (Å²) < 4.78 is 0. The van der Waals surface area contributed by atoms with E-state index in [0.717, 1.165) is 11.4 Å². The zero-order valence-corrected chi connectivity index (χ0v) is 11.4. The second kappa shape index (κ2) is 5.89. The molecule has 0 atom stereocenters. The number of nitrogens with zero attached hydrogens (tertiary/aromatic N) is 2. The van der Waals surface area contributed by atoms with Gasteiger partial charge in [0, 0.05) is 31.0 Å². The highest BCUT2D eigenvalue weighted by molar-refractivity contribution is 6.04. The van der Waals surface area contributed by atoms with Crippen molar-refractivity contribution >= 4 is 17.3 Å². The molecule has 0 saturated carbocycles. The van der Waals surface area contributed by atoms with E-state index in [1.54, 1.807) is 24.3 Å². The molecule has 0 spiro atoms. The second-order valence-electron chi connectivity index (χ2n) is 4.59. The van der Waals surface area contributed by atoms with Crippen molar-refractivity contribution in [1.29, 1.82) is 5.26 Å². The SMILES string of the molecule is CN(C)c1cccc(NC(=O)c2ccc(C#N)cc2)c1. The second-order valence-corrected chi connectivity index (χ2v) is 4.59. The molecule has 4 nitrogen and oxygen atoms in total. The van der Waals surface area contributed by atoms with Crippen molar-refractivity contribution in [3.8, 4) is 6.07 Å². The lowest BCUT2D eigenvalue weighted by Gasteiger charge is -2.14. The van der Waals surface area contributed by atoms with Crippen molar-refractivity contribution in [3.63, 3.8) is 0 Å². The Hall–Kier alpha value is -2.80. The van der Waals surface area contributed by atoms with Crippen LogP contribution >= 0.6 is 0 Å². The van der Waals surface area contributed by atoms with Gasteiger partial charge in [-0.1, -0.05) is 6.07 Å². The molecule has 0 aliphatic rings. The molecular weight excluding hydrogens is 250 g/mol. The van der Waals surface area contributed by atoms with Gasteiger partial charge in [0.25, 0.3) is 5.91 Å². The largest absolute Gasteiger partial charge is 0.378 e. The molecule has 0 unspecified atom stereocenters. The van der Waals surface area contributed by atoms with Crippen LogP contribution in [-0.2, 0) is 0 Å². The Bertz CT molecular complexity index is 654. The zero-order chi connectivity index (χ0) is 14.5. The minimum Gasteiger partial charge on any atom is -0.378 e. The molecule has 0 heterocycles. The molecule has 0 bridgehead atoms. The van der Waals surface area contributed by atoms with Crippen LogP contribution in [0.25, 0.3) is 0 Å². The molecule has 2 aromatic carbocycles. The van der Waals surface area contributed by atoms with Gasteiger partial charge in [-0.25, -0.2) is 0 Å². The zero-order valence-electron chi connectivity index (χ0n) is 11.4. The van der Waals surface area contributed by atoms with Gasteiger partial charge in [-0.05, 0) is 42.5 Å². The lowest BCUT2D eigenvalue weighted by Crippen LogP contribution is -2.13. The summed E-state index contributed by atoms with van der Waals surface area (Å²) in [5.74, 6) is -0.189. The lowest BCUT2D eigenvalue weighted by molar-refractivity contribution is 0.102. The number of nitriles is 1. The third kappa shape index (κ3) is 3.15. The maximum atomic E-state index is 12.1. The third-order valence-corrected chi connectivity index (χ3v) is 2.90. The molecule has 1 amide bonds. The Morgan fingerprint density at radius 3 is 2.45 bits per heavy atom. The van der Waals surface area contributed by atoms with Gasteiger partial charge in [-0.2, -0.15) is 5.26 Å². The van der Waals surface area contributed by atoms with E-state index in [9.17, 15) is 4.79 Å². The van der Waals surface area contributed by atoms with E-state index in [1.807, 2.05) is 49.3 Å². The molecule has 0 saturated heterocycles. The highest BCUT2D eigenvalue weighted by atomic mass is 16.1. The minimum absolute atomic E-state index is 0.189. The molecular formula is C16H15N3O. The fourth-order valence-corrected chi connectivity index (χ4v) is 1.76. The quantitative estimate of drug-likeness (QED) is 0.928. The fraction of sp³-hybridized carbons (Fsp3) is 0.125. The number of nitrogens with one attached hydrogen (secondary N) is 1. The Kier molecular flexibility index (Phi) is 4.02. The number of benzene rings is 2. The van der Waals surface area contributed by atoms with Crippen molar-refractivity contribution in [2.24, 2.45) is 0 Å². The minimum atomic E-state index is -0.189. The van der Waals surface area contributed by atoms with Gasteiger partial charge in [-0.3, -0.25) is 4.79 Å². The van der Waals surface area contributed by atoms with Crippen LogP contribution in [0.3, 0.4) is 0 Å². The normalized spacial score (nSPS) is 9.65. The number of carbonyl (C=O) groups excluding carboxylic acids is 1. The first-order valence-electron chi connectivity index (χ1n) is 6.19. The van der Waals surface area contributed by atoms with E-state index in [4.69, 9.17) is 5.26 Å². The number of rotatable bonds is 3. The van der Waals surface area contributed by atoms with Crippen molar-refractivity contribution < 1.29 is 4.79 Å². The van der Waals surface area contributed by atoms with E-state index in [2.05, 4.69) is 5.32 Å². The topological polar surface area (TPSA) is 56.1 Å². The number of anilines is 2. The monoisotopic (exact) mass is 265 g/mol. The van der Waals surface area contributed by atoms with Crippen LogP contribution in [0.4, 0.5) is 11.4 Å². The number of hydrogen-bond donors (Lipinski definition) is 1. The molecule has 20 heavy (non-hydrogen) atoms. The van der Waals surface area contributed by atoms with Crippen molar-refractivity contribution in [3.05, 3.63) is 59.7 Å². The van der Waals surface area contributed by atoms with E-state index in [0.29, 0.717) is 11.1 Å². The molecule has 0 fully saturated rings. The Morgan fingerprint density at radius 1 is 1.15 bits per heavy atom. The first-order chi connectivity index (χ1) is 9.60. The predicted molar refractivity (Wildman–Crippen MR) is 79.9 cm³/mol. The Balaban J connectivity index is 2.15. The molecule has 4 heteroatoms. The van der Waals surface area contributed by atoms with Crippen LogP contribution in [0.1, 0.15) is 15.9 Å². The van der Waals surface area contributed by atoms with Crippen LogP contribution in [0.5, 0.6) is 0 Å². The van der Waals surface area contributed by atoms with Crippen LogP contribution in [0.2, 0.25) is 0 Å². The van der Waals surface area contributed by atoms with Crippen LogP contribution in [-0.4, -0.2) is 20.0 Å². The summed E-state index contributed by atoms with van der Waals surface area (Å²) in [6.45, 7) is 0. The van der Waals surface area contributed by atoms with Gasteiger partial charge in [0.05, 0.1) is 11.6 Å². The summed E-state index contributed by atoms with van der Waals surface area (Å²) in [7, 11) is 3.89. The van der Waals surface area contributed by atoms with Gasteiger partial charge >= 0.3 is 0 Å². The molecule has 0 aliphatic heterocycles. The van der Waals surface area contributed by atoms with Gasteiger partial charge < -0.3 is 10.2 Å². The van der Waals surface area contributed by atoms with Crippen molar-refractivity contribution in [2.45, 2.75) is 0 Å². The summed E-state index contributed by atoms with van der Waals surface area (Å²) in [6.07, 6.45) is 0. The standard InChI is InChI=1S/C16H15N3O/c1-19(2)15-5-3-4-14(10-15)18-16(20)13-8-6-12(11-17)7-9-13/h3-10H,1-2H3,(H,18,20). The van der Waals surface area contributed by atoms with Crippen LogP contribution < -0.4 is 10.2 Å². The predicted octanol–water partition coefficient (Wildman–Crippen LogP) is 2.88. The number of amides is 1. The third-order valence-electron chi connectivity index (χ3n) is 2.90. The summed E-state index contributed by atoms with van der Waals surface area (Å²) in [4.78, 5) is 14.1. The van der Waals surface area contributed by atoms with Gasteiger partial charge in [0.1, 0.15) is 0 Å². The average molecular weight is 265 g/mol. The summed E-state index contributed by atoms with van der Waals surface area (Å²) in [6, 6.07) is 16.2. The van der Waals surface area contributed by atoms with Crippen LogP contribution in [0, 0.1) is 11.3 Å². The molecule has 0 aliphatic carbocycles. The molecule has 0 aromatic heterocycles. The summed E-state index contributed by atoms with van der Waals surface area (Å²) in [5.41, 5.74) is 2.82. The highest BCUT2D eigenvalue weighted by Gasteiger charge is 2.06. The smallest absolute Gasteiger partial charge is 0.255 e. The molecule has 100 valence electrons. The fourth-order valence-electron chi connectivity index (χ4n) is 1.76. The summed E-state index contributed by atoms with van der Waals surface area (Å²) >= 11 is 0. The average Bonchev–Trinajstić information content (AvgIpc) is 2.47. The maximum absolute atomic E-state index is 12.1. The first-order valence-corrected chi connectivity index (χ1v) is 6.19. The van der Waals surface area contributed by atoms with E-state index in [-0.39, 0.29) is 5.91 Å². The summed E-state index contributed by atoms with van der Waals surface area (Å²) in [5, 5.41) is 11.6. The Morgan fingerprint density at radius 2 is 1.85 bits per heavy atom. The Labute approximate surface area is 118 Å². The van der Waals surface area contributed by atoms with Gasteiger partial charge in [0.15, 0.2) is 0 Å². The molecule has 2 aromatic rings. The first kappa shape index (κ1) is 13.6. The highest BCUT2D eigenvalue weighted by Crippen LogP contribution is 2.18. The lowest BCUT2D eigenvalue weighted by atomic mass is 10.1. The molecule has 0 radical (unpaired) electrons. The molecule has 1 N–H and O–H groups in total. The van der Waals surface area contributed by atoms with E-state index >= 15 is 0 Å². The van der Waals surface area contributed by atoms with Crippen molar-refractivity contribution in [1.82, 2.24) is 0 Å². The van der Waals surface area contributed by atoms with Gasteiger partial charge in [-0.15, -0.1) is 0 Å². The number of hydrogen-bond acceptors (Lipinski definition) is 3. The van der Waals surface area contributed by atoms with Gasteiger partial charge in [0.2, 0.25) is 0 Å². The maximum Gasteiger partial charge on any atom is 0.255 e. The number of carbonyl (C=O) groups is 1.